The molecule has 150 valence electrons. The van der Waals surface area contributed by atoms with E-state index in [0.29, 0.717) is 22.0 Å². The van der Waals surface area contributed by atoms with Crippen molar-refractivity contribution in [3.63, 3.8) is 0 Å². The monoisotopic (exact) mass is 451 g/mol. The van der Waals surface area contributed by atoms with Gasteiger partial charge < -0.3 is 10.1 Å². The summed E-state index contributed by atoms with van der Waals surface area (Å²) in [5.74, 6) is -0.950. The molecule has 3 amide bonds. The van der Waals surface area contributed by atoms with Crippen LogP contribution in [0.25, 0.3) is 0 Å². The van der Waals surface area contributed by atoms with Gasteiger partial charge in [-0.05, 0) is 55.5 Å². The highest BCUT2D eigenvalue weighted by molar-refractivity contribution is 7.80. The SMILES string of the molecule is C[C@H](Oc1ccc(Cl)cc1Cl)C(=O)NC(=S)Nc1ccc2c(c1)C(=O)N(C)C2=O. The fraction of sp³-hybridized carbons (Fsp3) is 0.158. The minimum Gasteiger partial charge on any atom is -0.479 e. The predicted molar refractivity (Wildman–Crippen MR) is 114 cm³/mol. The number of carbonyl (C=O) groups excluding carboxylic acids is 3. The highest BCUT2D eigenvalue weighted by Crippen LogP contribution is 2.28. The van der Waals surface area contributed by atoms with E-state index in [9.17, 15) is 14.4 Å². The zero-order valence-electron chi connectivity index (χ0n) is 15.3. The highest BCUT2D eigenvalue weighted by atomic mass is 35.5. The Morgan fingerprint density at radius 1 is 1.10 bits per heavy atom. The van der Waals surface area contributed by atoms with E-state index in [4.69, 9.17) is 40.2 Å². The van der Waals surface area contributed by atoms with Gasteiger partial charge in [0, 0.05) is 17.8 Å². The molecule has 29 heavy (non-hydrogen) atoms. The largest absolute Gasteiger partial charge is 0.479 e. The number of nitrogens with one attached hydrogen (secondary N) is 2. The van der Waals surface area contributed by atoms with Gasteiger partial charge in [0.25, 0.3) is 17.7 Å². The number of benzene rings is 2. The Balaban J connectivity index is 1.61. The van der Waals surface area contributed by atoms with Crippen molar-refractivity contribution in [1.82, 2.24) is 10.2 Å². The first kappa shape index (κ1) is 21.0. The van der Waals surface area contributed by atoms with Crippen LogP contribution in [0.4, 0.5) is 5.69 Å². The summed E-state index contributed by atoms with van der Waals surface area (Å²) in [6.45, 7) is 1.54. The average molecular weight is 452 g/mol. The maximum absolute atomic E-state index is 12.3. The Hall–Kier alpha value is -2.68. The first-order valence-corrected chi connectivity index (χ1v) is 9.53. The quantitative estimate of drug-likeness (QED) is 0.546. The summed E-state index contributed by atoms with van der Waals surface area (Å²) in [5, 5.41) is 6.05. The maximum atomic E-state index is 12.3. The lowest BCUT2D eigenvalue weighted by molar-refractivity contribution is -0.125. The number of fused-ring (bicyclic) bond motifs is 1. The highest BCUT2D eigenvalue weighted by Gasteiger charge is 2.32. The Bertz CT molecular complexity index is 1040. The maximum Gasteiger partial charge on any atom is 0.266 e. The van der Waals surface area contributed by atoms with Gasteiger partial charge in [-0.25, -0.2) is 0 Å². The van der Waals surface area contributed by atoms with E-state index in [2.05, 4.69) is 10.6 Å². The van der Waals surface area contributed by atoms with Crippen LogP contribution in [0, 0.1) is 0 Å². The number of amides is 3. The molecule has 2 N–H and O–H groups in total. The molecule has 1 atom stereocenters. The van der Waals surface area contributed by atoms with Crippen molar-refractivity contribution in [2.45, 2.75) is 13.0 Å². The number of rotatable bonds is 4. The van der Waals surface area contributed by atoms with E-state index in [1.54, 1.807) is 25.1 Å². The number of thiocarbonyl (C=S) groups is 1. The summed E-state index contributed by atoms with van der Waals surface area (Å²) in [6.07, 6.45) is -0.888. The van der Waals surface area contributed by atoms with Gasteiger partial charge in [0.15, 0.2) is 11.2 Å². The number of imide groups is 1. The van der Waals surface area contributed by atoms with Crippen LogP contribution in [0.5, 0.6) is 5.75 Å². The van der Waals surface area contributed by atoms with E-state index >= 15 is 0 Å². The normalized spacial score (nSPS) is 13.7. The Morgan fingerprint density at radius 3 is 2.48 bits per heavy atom. The lowest BCUT2D eigenvalue weighted by atomic mass is 10.1. The molecular weight excluding hydrogens is 437 g/mol. The molecule has 0 fully saturated rings. The van der Waals surface area contributed by atoms with Crippen molar-refractivity contribution < 1.29 is 19.1 Å². The molecule has 0 aromatic heterocycles. The molecule has 0 spiro atoms. The van der Waals surface area contributed by atoms with Crippen LogP contribution < -0.4 is 15.4 Å². The molecule has 10 heteroatoms. The molecule has 0 unspecified atom stereocenters. The summed E-state index contributed by atoms with van der Waals surface area (Å²) < 4.78 is 5.53. The summed E-state index contributed by atoms with van der Waals surface area (Å²) in [6, 6.07) is 9.29. The number of halogens is 2. The van der Waals surface area contributed by atoms with E-state index < -0.39 is 17.9 Å². The molecule has 1 heterocycles. The second kappa shape index (κ2) is 8.36. The van der Waals surface area contributed by atoms with Crippen LogP contribution in [0.15, 0.2) is 36.4 Å². The van der Waals surface area contributed by atoms with E-state index in [0.717, 1.165) is 4.90 Å². The summed E-state index contributed by atoms with van der Waals surface area (Å²) in [7, 11) is 1.41. The van der Waals surface area contributed by atoms with Gasteiger partial charge in [0.1, 0.15) is 5.75 Å². The molecule has 0 radical (unpaired) electrons. The number of hydrogen-bond donors (Lipinski definition) is 2. The van der Waals surface area contributed by atoms with Crippen LogP contribution in [0.1, 0.15) is 27.6 Å². The zero-order chi connectivity index (χ0) is 21.3. The smallest absolute Gasteiger partial charge is 0.266 e. The van der Waals surface area contributed by atoms with Crippen molar-refractivity contribution in [1.29, 1.82) is 0 Å². The fourth-order valence-electron chi connectivity index (χ4n) is 2.63. The topological polar surface area (TPSA) is 87.7 Å². The van der Waals surface area contributed by atoms with Gasteiger partial charge in [0.2, 0.25) is 0 Å². The number of nitrogens with zero attached hydrogens (tertiary/aromatic N) is 1. The van der Waals surface area contributed by atoms with E-state index in [1.165, 1.54) is 25.2 Å². The minimum absolute atomic E-state index is 0.0118. The van der Waals surface area contributed by atoms with Crippen LogP contribution in [-0.2, 0) is 4.79 Å². The van der Waals surface area contributed by atoms with Crippen molar-refractivity contribution in [2.24, 2.45) is 0 Å². The summed E-state index contributed by atoms with van der Waals surface area (Å²) in [5.41, 5.74) is 1.05. The number of anilines is 1. The molecule has 2 aromatic carbocycles. The molecular formula is C19H15Cl2N3O4S. The van der Waals surface area contributed by atoms with Crippen molar-refractivity contribution in [3.05, 3.63) is 57.6 Å². The van der Waals surface area contributed by atoms with Crippen LogP contribution in [0.3, 0.4) is 0 Å². The van der Waals surface area contributed by atoms with Gasteiger partial charge in [0.05, 0.1) is 16.1 Å². The van der Waals surface area contributed by atoms with Crippen LogP contribution in [-0.4, -0.2) is 40.9 Å². The molecule has 0 saturated heterocycles. The Labute approximate surface area is 181 Å². The standard InChI is InChI=1S/C19H15Cl2N3O4S/c1-9(28-15-6-3-10(20)7-14(15)21)16(25)23-19(29)22-11-4-5-12-13(8-11)18(27)24(2)17(12)26/h3-9H,1-2H3,(H2,22,23,25,29)/t9-/m0/s1. The molecule has 0 aliphatic carbocycles. The van der Waals surface area contributed by atoms with E-state index in [1.807, 2.05) is 0 Å². The molecule has 0 bridgehead atoms. The third-order valence-electron chi connectivity index (χ3n) is 4.15. The summed E-state index contributed by atoms with van der Waals surface area (Å²) in [4.78, 5) is 37.3. The van der Waals surface area contributed by atoms with Gasteiger partial charge in [-0.15, -0.1) is 0 Å². The Kier molecular flexibility index (Phi) is 6.07. The number of hydrogen-bond acceptors (Lipinski definition) is 5. The zero-order valence-corrected chi connectivity index (χ0v) is 17.6. The first-order chi connectivity index (χ1) is 13.7. The minimum atomic E-state index is -0.888. The molecule has 1 aliphatic rings. The van der Waals surface area contributed by atoms with Crippen LogP contribution in [0.2, 0.25) is 10.0 Å². The number of carbonyl (C=O) groups is 3. The third-order valence-corrected chi connectivity index (χ3v) is 4.89. The van der Waals surface area contributed by atoms with Crippen molar-refractivity contribution >= 4 is 63.9 Å². The molecule has 3 rings (SSSR count). The molecule has 0 saturated carbocycles. The predicted octanol–water partition coefficient (Wildman–Crippen LogP) is 3.50. The van der Waals surface area contributed by atoms with Crippen molar-refractivity contribution in [3.8, 4) is 5.75 Å². The van der Waals surface area contributed by atoms with Gasteiger partial charge in [-0.2, -0.15) is 0 Å². The second-order valence-corrected chi connectivity index (χ2v) is 7.46. The summed E-state index contributed by atoms with van der Waals surface area (Å²) >= 11 is 17.0. The first-order valence-electron chi connectivity index (χ1n) is 8.37. The fourth-order valence-corrected chi connectivity index (χ4v) is 3.30. The van der Waals surface area contributed by atoms with E-state index in [-0.39, 0.29) is 21.6 Å². The second-order valence-electron chi connectivity index (χ2n) is 6.21. The molecule has 7 nitrogen and oxygen atoms in total. The third kappa shape index (κ3) is 4.50. The van der Waals surface area contributed by atoms with Gasteiger partial charge in [-0.3, -0.25) is 24.6 Å². The van der Waals surface area contributed by atoms with Gasteiger partial charge in [-0.1, -0.05) is 23.2 Å². The molecule has 1 aliphatic heterocycles. The Morgan fingerprint density at radius 2 is 1.79 bits per heavy atom. The lowest BCUT2D eigenvalue weighted by Gasteiger charge is -2.16. The number of ether oxygens (including phenoxy) is 1. The van der Waals surface area contributed by atoms with Crippen LogP contribution >= 0.6 is 35.4 Å². The average Bonchev–Trinajstić information content (AvgIpc) is 2.87. The lowest BCUT2D eigenvalue weighted by Crippen LogP contribution is -2.42. The molecule has 2 aromatic rings. The van der Waals surface area contributed by atoms with Crippen molar-refractivity contribution in [2.75, 3.05) is 12.4 Å². The van der Waals surface area contributed by atoms with Gasteiger partial charge >= 0.3 is 0 Å².